The number of rotatable bonds is 6. The van der Waals surface area contributed by atoms with Crippen molar-refractivity contribution < 1.29 is 17.9 Å². The van der Waals surface area contributed by atoms with Gasteiger partial charge in [-0.3, -0.25) is 0 Å². The van der Waals surface area contributed by atoms with Crippen LogP contribution in [0.25, 0.3) is 0 Å². The van der Waals surface area contributed by atoms with Crippen LogP contribution >= 0.6 is 0 Å². The van der Waals surface area contributed by atoms with E-state index in [-0.39, 0.29) is 13.0 Å². The molecule has 3 nitrogen and oxygen atoms in total. The van der Waals surface area contributed by atoms with E-state index in [4.69, 9.17) is 5.26 Å². The highest BCUT2D eigenvalue weighted by Crippen LogP contribution is 2.22. The monoisotopic (exact) mass is 224 g/mol. The summed E-state index contributed by atoms with van der Waals surface area (Å²) in [5.41, 5.74) is 0. The second-order valence-corrected chi connectivity index (χ2v) is 3.08. The quantitative estimate of drug-likeness (QED) is 0.748. The molecule has 0 aromatic heterocycles. The minimum atomic E-state index is -4.33. The van der Waals surface area contributed by atoms with Crippen molar-refractivity contribution in [3.8, 4) is 6.07 Å². The molecule has 2 unspecified atom stereocenters. The highest BCUT2D eigenvalue weighted by Gasteiger charge is 2.36. The molecule has 0 fully saturated rings. The summed E-state index contributed by atoms with van der Waals surface area (Å²) in [5.74, 6) is 0. The Kier molecular flexibility index (Phi) is 6.29. The molecule has 6 heteroatoms. The lowest BCUT2D eigenvalue weighted by molar-refractivity contribution is -0.214. The van der Waals surface area contributed by atoms with Crippen LogP contribution in [-0.2, 0) is 4.74 Å². The number of ether oxygens (including phenoxy) is 1. The van der Waals surface area contributed by atoms with Gasteiger partial charge in [-0.2, -0.15) is 18.4 Å². The number of halogens is 3. The maximum absolute atomic E-state index is 12.0. The molecule has 0 aromatic carbocycles. The lowest BCUT2D eigenvalue weighted by atomic mass is 10.2. The number of nitrogens with zero attached hydrogens (tertiary/aromatic N) is 1. The Hall–Kier alpha value is -0.800. The first-order chi connectivity index (χ1) is 6.91. The van der Waals surface area contributed by atoms with Gasteiger partial charge in [0.2, 0.25) is 0 Å². The number of nitrogens with one attached hydrogen (secondary N) is 1. The van der Waals surface area contributed by atoms with Gasteiger partial charge < -0.3 is 10.1 Å². The van der Waals surface area contributed by atoms with Crippen molar-refractivity contribution in [3.63, 3.8) is 0 Å². The summed E-state index contributed by atoms with van der Waals surface area (Å²) in [6, 6.07) is 1.49. The molecule has 0 aromatic rings. The van der Waals surface area contributed by atoms with E-state index in [0.29, 0.717) is 6.54 Å². The normalized spacial score (nSPS) is 15.7. The van der Waals surface area contributed by atoms with E-state index in [2.05, 4.69) is 10.1 Å². The van der Waals surface area contributed by atoms with Crippen molar-refractivity contribution in [2.45, 2.75) is 38.6 Å². The maximum atomic E-state index is 12.0. The highest BCUT2D eigenvalue weighted by atomic mass is 19.4. The van der Waals surface area contributed by atoms with E-state index < -0.39 is 18.3 Å². The van der Waals surface area contributed by atoms with Crippen molar-refractivity contribution in [3.05, 3.63) is 0 Å². The predicted molar refractivity (Wildman–Crippen MR) is 49.2 cm³/mol. The molecule has 1 N–H and O–H groups in total. The molecule has 88 valence electrons. The summed E-state index contributed by atoms with van der Waals surface area (Å²) in [7, 11) is 0. The van der Waals surface area contributed by atoms with Gasteiger partial charge in [0.05, 0.1) is 12.1 Å². The van der Waals surface area contributed by atoms with E-state index in [1.807, 2.05) is 13.0 Å². The summed E-state index contributed by atoms with van der Waals surface area (Å²) in [5, 5.41) is 11.4. The lowest BCUT2D eigenvalue weighted by Crippen LogP contribution is -2.32. The Morgan fingerprint density at radius 3 is 2.47 bits per heavy atom. The molecule has 2 atom stereocenters. The standard InChI is InChI=1S/C9H15F3N2O/c1-3-14-8(6-13)4-5-15-7(2)9(10,11)12/h7-8,14H,3-5H2,1-2H3. The Labute approximate surface area is 87.2 Å². The topological polar surface area (TPSA) is 45.0 Å². The molecule has 0 aliphatic carbocycles. The van der Waals surface area contributed by atoms with Crippen LogP contribution in [-0.4, -0.2) is 31.5 Å². The van der Waals surface area contributed by atoms with E-state index >= 15 is 0 Å². The van der Waals surface area contributed by atoms with E-state index in [9.17, 15) is 13.2 Å². The van der Waals surface area contributed by atoms with Crippen LogP contribution in [0.5, 0.6) is 0 Å². The fourth-order valence-electron chi connectivity index (χ4n) is 0.916. The van der Waals surface area contributed by atoms with E-state index in [1.165, 1.54) is 0 Å². The molecule has 0 saturated heterocycles. The molecule has 0 amide bonds. The van der Waals surface area contributed by atoms with Gasteiger partial charge in [-0.15, -0.1) is 0 Å². The Morgan fingerprint density at radius 1 is 1.47 bits per heavy atom. The molecule has 0 radical (unpaired) electrons. The molecule has 15 heavy (non-hydrogen) atoms. The third-order valence-corrected chi connectivity index (χ3v) is 1.84. The van der Waals surface area contributed by atoms with Crippen molar-refractivity contribution in [2.75, 3.05) is 13.2 Å². The molecule has 0 saturated carbocycles. The lowest BCUT2D eigenvalue weighted by Gasteiger charge is -2.17. The van der Waals surface area contributed by atoms with Crippen molar-refractivity contribution >= 4 is 0 Å². The van der Waals surface area contributed by atoms with Gasteiger partial charge in [-0.1, -0.05) is 6.92 Å². The molecular formula is C9H15F3N2O. The third-order valence-electron chi connectivity index (χ3n) is 1.84. The van der Waals surface area contributed by atoms with Gasteiger partial charge in [0, 0.05) is 6.61 Å². The zero-order chi connectivity index (χ0) is 11.9. The Morgan fingerprint density at radius 2 is 2.07 bits per heavy atom. The van der Waals surface area contributed by atoms with E-state index in [1.54, 1.807) is 0 Å². The highest BCUT2D eigenvalue weighted by molar-refractivity contribution is 4.88. The Bertz CT molecular complexity index is 212. The van der Waals surface area contributed by atoms with Crippen LogP contribution in [0.3, 0.4) is 0 Å². The summed E-state index contributed by atoms with van der Waals surface area (Å²) in [4.78, 5) is 0. The largest absolute Gasteiger partial charge is 0.414 e. The summed E-state index contributed by atoms with van der Waals surface area (Å²) < 4.78 is 40.6. The zero-order valence-corrected chi connectivity index (χ0v) is 8.77. The van der Waals surface area contributed by atoms with Gasteiger partial charge in [0.15, 0.2) is 6.10 Å². The van der Waals surface area contributed by atoms with Crippen LogP contribution in [0.15, 0.2) is 0 Å². The number of hydrogen-bond acceptors (Lipinski definition) is 3. The molecular weight excluding hydrogens is 209 g/mol. The van der Waals surface area contributed by atoms with Gasteiger partial charge in [0.25, 0.3) is 0 Å². The molecule has 0 heterocycles. The number of hydrogen-bond donors (Lipinski definition) is 1. The van der Waals surface area contributed by atoms with Crippen LogP contribution in [0.1, 0.15) is 20.3 Å². The number of alkyl halides is 3. The SMILES string of the molecule is CCNC(C#N)CCOC(C)C(F)(F)F. The average Bonchev–Trinajstić information content (AvgIpc) is 2.14. The summed E-state index contributed by atoms with van der Waals surface area (Å²) >= 11 is 0. The second-order valence-electron chi connectivity index (χ2n) is 3.08. The molecule has 0 aliphatic rings. The van der Waals surface area contributed by atoms with Gasteiger partial charge >= 0.3 is 6.18 Å². The van der Waals surface area contributed by atoms with Gasteiger partial charge in [-0.25, -0.2) is 0 Å². The van der Waals surface area contributed by atoms with E-state index in [0.717, 1.165) is 6.92 Å². The maximum Gasteiger partial charge on any atom is 0.414 e. The minimum Gasteiger partial charge on any atom is -0.369 e. The van der Waals surface area contributed by atoms with Crippen LogP contribution in [0.2, 0.25) is 0 Å². The average molecular weight is 224 g/mol. The Balaban J connectivity index is 3.74. The number of nitriles is 1. The zero-order valence-electron chi connectivity index (χ0n) is 8.77. The first-order valence-corrected chi connectivity index (χ1v) is 4.73. The fraction of sp³-hybridized carbons (Fsp3) is 0.889. The van der Waals surface area contributed by atoms with Crippen molar-refractivity contribution in [1.29, 1.82) is 5.26 Å². The molecule has 0 spiro atoms. The molecule has 0 aliphatic heterocycles. The van der Waals surface area contributed by atoms with Crippen LogP contribution in [0.4, 0.5) is 13.2 Å². The smallest absolute Gasteiger partial charge is 0.369 e. The van der Waals surface area contributed by atoms with Crippen molar-refractivity contribution in [2.24, 2.45) is 0 Å². The third kappa shape index (κ3) is 6.31. The van der Waals surface area contributed by atoms with Gasteiger partial charge in [-0.05, 0) is 19.9 Å². The molecule has 0 rings (SSSR count). The van der Waals surface area contributed by atoms with Crippen LogP contribution < -0.4 is 5.32 Å². The summed E-state index contributed by atoms with van der Waals surface area (Å²) in [6.45, 7) is 3.30. The molecule has 0 bridgehead atoms. The first-order valence-electron chi connectivity index (χ1n) is 4.73. The summed E-state index contributed by atoms with van der Waals surface area (Å²) in [6.07, 6.45) is -5.86. The first kappa shape index (κ1) is 14.2. The predicted octanol–water partition coefficient (Wildman–Crippen LogP) is 1.85. The van der Waals surface area contributed by atoms with Gasteiger partial charge in [0.1, 0.15) is 0 Å². The van der Waals surface area contributed by atoms with Crippen molar-refractivity contribution in [1.82, 2.24) is 5.32 Å². The fourth-order valence-corrected chi connectivity index (χ4v) is 0.916. The van der Waals surface area contributed by atoms with Crippen LogP contribution in [0, 0.1) is 11.3 Å². The second kappa shape index (κ2) is 6.64. The minimum absolute atomic E-state index is 0.0775.